The molecular weight excluding hydrogens is 943 g/mol. The highest BCUT2D eigenvalue weighted by Crippen LogP contribution is 2.41. The lowest BCUT2D eigenvalue weighted by Crippen LogP contribution is -2.48. The molecule has 6 aromatic rings. The van der Waals surface area contributed by atoms with E-state index in [1.165, 1.54) is 21.6 Å². The third kappa shape index (κ3) is 9.93. The number of benzene rings is 3. The summed E-state index contributed by atoms with van der Waals surface area (Å²) in [7, 11) is 0. The van der Waals surface area contributed by atoms with E-state index in [0.717, 1.165) is 91.3 Å². The Labute approximate surface area is 412 Å². The number of carbonyl (C=O) groups is 2. The van der Waals surface area contributed by atoms with Gasteiger partial charge in [0.05, 0.1) is 17.7 Å². The number of fused-ring (bicyclic) bond motifs is 3. The Bertz CT molecular complexity index is 2940. The van der Waals surface area contributed by atoms with E-state index >= 15 is 0 Å². The first-order chi connectivity index (χ1) is 33.5. The largest absolute Gasteiger partial charge is 0.508 e. The molecule has 3 N–H and O–H groups in total. The van der Waals surface area contributed by atoms with Crippen LogP contribution in [0.1, 0.15) is 94.1 Å². The molecule has 368 valence electrons. The SMILES string of the molecule is CCc1cc(-c2nnc(C(=O)NC(C)C(F)(F)F)n2-c2ccc(CN3CCN(CC4CCN(C(=O)C[C@@H]5N=C(c6ccc(Cl)cc6)c6c(sc(C)c6C)-n6c(C)nnc65)CC4)CC3)cc2)c(O)cc1O. The average molecular weight is 999 g/mol. The van der Waals surface area contributed by atoms with E-state index in [2.05, 4.69) is 48.6 Å². The van der Waals surface area contributed by atoms with Crippen LogP contribution in [-0.4, -0.2) is 130 Å². The van der Waals surface area contributed by atoms with Crippen LogP contribution in [0.15, 0.2) is 65.7 Å². The number of aryl methyl sites for hydroxylation is 3. The molecule has 3 aliphatic rings. The van der Waals surface area contributed by atoms with Crippen molar-refractivity contribution in [2.24, 2.45) is 10.9 Å². The number of piperidine rings is 1. The number of thiophene rings is 1. The van der Waals surface area contributed by atoms with Gasteiger partial charge in [0.2, 0.25) is 11.7 Å². The summed E-state index contributed by atoms with van der Waals surface area (Å²) in [5.41, 5.74) is 5.99. The molecular formula is C50H55ClF3N11O4S. The van der Waals surface area contributed by atoms with Gasteiger partial charge < -0.3 is 25.3 Å². The van der Waals surface area contributed by atoms with Crippen molar-refractivity contribution in [2.45, 2.75) is 85.1 Å². The van der Waals surface area contributed by atoms with Crippen molar-refractivity contribution in [2.75, 3.05) is 45.8 Å². The fourth-order valence-corrected chi connectivity index (χ4v) is 10.9. The molecule has 1 unspecified atom stereocenters. The first kappa shape index (κ1) is 48.9. The molecule has 0 radical (unpaired) electrons. The van der Waals surface area contributed by atoms with Gasteiger partial charge in [-0.15, -0.1) is 31.7 Å². The number of phenolic OH excluding ortho intramolecular Hbond substituents is 2. The Kier molecular flexibility index (Phi) is 13.9. The van der Waals surface area contributed by atoms with Gasteiger partial charge >= 0.3 is 6.18 Å². The van der Waals surface area contributed by atoms with Gasteiger partial charge in [-0.05, 0) is 99.9 Å². The Morgan fingerprint density at radius 2 is 1.56 bits per heavy atom. The maximum atomic E-state index is 14.1. The first-order valence-corrected chi connectivity index (χ1v) is 24.7. The highest BCUT2D eigenvalue weighted by atomic mass is 35.5. The lowest BCUT2D eigenvalue weighted by molar-refractivity contribution is -0.149. The minimum absolute atomic E-state index is 0.0242. The van der Waals surface area contributed by atoms with Gasteiger partial charge in [-0.3, -0.25) is 28.6 Å². The van der Waals surface area contributed by atoms with E-state index in [1.54, 1.807) is 23.5 Å². The lowest BCUT2D eigenvalue weighted by atomic mass is 9.95. The number of alkyl halides is 3. The summed E-state index contributed by atoms with van der Waals surface area (Å²) in [4.78, 5) is 40.7. The molecule has 2 atom stereocenters. The third-order valence-electron chi connectivity index (χ3n) is 13.8. The van der Waals surface area contributed by atoms with Crippen LogP contribution >= 0.6 is 22.9 Å². The fourth-order valence-electron chi connectivity index (χ4n) is 9.57. The van der Waals surface area contributed by atoms with Crippen molar-refractivity contribution >= 4 is 40.5 Å². The molecule has 3 aromatic carbocycles. The van der Waals surface area contributed by atoms with Crippen LogP contribution in [0.4, 0.5) is 13.2 Å². The van der Waals surface area contributed by atoms with E-state index < -0.39 is 30.0 Å². The number of rotatable bonds is 12. The van der Waals surface area contributed by atoms with Gasteiger partial charge in [0, 0.05) is 85.1 Å². The summed E-state index contributed by atoms with van der Waals surface area (Å²) >= 11 is 7.98. The predicted octanol–water partition coefficient (Wildman–Crippen LogP) is 8.15. The monoisotopic (exact) mass is 997 g/mol. The number of hydrogen-bond donors (Lipinski definition) is 3. The number of aromatic hydroxyl groups is 2. The Morgan fingerprint density at radius 3 is 2.23 bits per heavy atom. The van der Waals surface area contributed by atoms with Crippen molar-refractivity contribution in [1.29, 1.82) is 0 Å². The summed E-state index contributed by atoms with van der Waals surface area (Å²) in [5, 5.41) is 41.9. The molecule has 9 rings (SSSR count). The topological polar surface area (TPSA) is 170 Å². The summed E-state index contributed by atoms with van der Waals surface area (Å²) in [6, 6.07) is 15.0. The van der Waals surface area contributed by atoms with Crippen LogP contribution in [0.3, 0.4) is 0 Å². The molecule has 0 saturated carbocycles. The second kappa shape index (κ2) is 19.9. The number of hydrogen-bond acceptors (Lipinski definition) is 12. The average Bonchev–Trinajstić information content (AvgIpc) is 4.00. The van der Waals surface area contributed by atoms with E-state index in [-0.39, 0.29) is 35.2 Å². The maximum absolute atomic E-state index is 14.1. The zero-order valence-electron chi connectivity index (χ0n) is 39.6. The molecule has 20 heteroatoms. The number of amides is 2. The zero-order chi connectivity index (χ0) is 49.6. The minimum Gasteiger partial charge on any atom is -0.508 e. The number of nitrogens with zero attached hydrogens (tertiary/aromatic N) is 10. The highest BCUT2D eigenvalue weighted by Gasteiger charge is 2.39. The van der Waals surface area contributed by atoms with Gasteiger partial charge in [0.1, 0.15) is 34.4 Å². The number of likely N-dealkylation sites (tertiary alicyclic amines) is 1. The van der Waals surface area contributed by atoms with E-state index in [0.29, 0.717) is 54.1 Å². The standard InChI is InChI=1S/C50H55ClF3N11O4S/c1-6-34-23-38(41(67)25-40(34)66)45-58-60-47(48(69)55-30(4)50(52,53)54)65(45)37-13-7-32(8-14-37)26-61-19-21-62(22-20-61)27-33-15-17-63(18-16-33)42(68)24-39-46-59-57-31(5)64(46)49-43(28(2)29(3)70-49)44(56-39)35-9-11-36(51)12-10-35/h7-14,23,25,30,33,39,66-67H,6,15-22,24,26-27H2,1-5H3,(H,55,69)/t30?,39-/m0/s1. The van der Waals surface area contributed by atoms with Crippen LogP contribution in [0.5, 0.6) is 11.5 Å². The molecule has 3 aromatic heterocycles. The van der Waals surface area contributed by atoms with Crippen LogP contribution in [0, 0.1) is 26.7 Å². The quantitative estimate of drug-likeness (QED) is 0.109. The third-order valence-corrected chi connectivity index (χ3v) is 15.2. The number of piperazine rings is 1. The van der Waals surface area contributed by atoms with E-state index in [1.807, 2.05) is 60.5 Å². The van der Waals surface area contributed by atoms with Crippen LogP contribution in [0.2, 0.25) is 5.02 Å². The smallest absolute Gasteiger partial charge is 0.408 e. The maximum Gasteiger partial charge on any atom is 0.408 e. The molecule has 3 aliphatic heterocycles. The Balaban J connectivity index is 0.809. The van der Waals surface area contributed by atoms with Crippen molar-refractivity contribution in [1.82, 2.24) is 49.5 Å². The molecule has 2 saturated heterocycles. The molecule has 0 bridgehead atoms. The molecule has 15 nitrogen and oxygen atoms in total. The minimum atomic E-state index is -4.68. The molecule has 6 heterocycles. The van der Waals surface area contributed by atoms with E-state index in [4.69, 9.17) is 16.6 Å². The zero-order valence-corrected chi connectivity index (χ0v) is 41.2. The second-order valence-electron chi connectivity index (χ2n) is 18.4. The highest BCUT2D eigenvalue weighted by molar-refractivity contribution is 7.15. The predicted molar refractivity (Wildman–Crippen MR) is 261 cm³/mol. The fraction of sp³-hybridized carbons (Fsp3) is 0.420. The summed E-state index contributed by atoms with van der Waals surface area (Å²) in [6.07, 6.45) is -2.24. The van der Waals surface area contributed by atoms with Crippen LogP contribution in [0.25, 0.3) is 22.1 Å². The number of nitrogens with one attached hydrogen (secondary N) is 1. The van der Waals surface area contributed by atoms with Gasteiger partial charge in [0.15, 0.2) is 11.6 Å². The van der Waals surface area contributed by atoms with Crippen LogP contribution in [-0.2, 0) is 17.8 Å². The van der Waals surface area contributed by atoms with Crippen molar-refractivity contribution in [3.63, 3.8) is 0 Å². The normalized spacial score (nSPS) is 17.5. The number of carbonyl (C=O) groups excluding carboxylic acids is 2. The molecule has 2 amide bonds. The van der Waals surface area contributed by atoms with Crippen molar-refractivity contribution in [3.8, 4) is 33.6 Å². The van der Waals surface area contributed by atoms with Gasteiger partial charge in [-0.1, -0.05) is 42.8 Å². The number of aromatic nitrogens is 6. The number of halogens is 4. The Hall–Kier alpha value is -6.15. The van der Waals surface area contributed by atoms with Crippen molar-refractivity contribution < 1.29 is 33.0 Å². The second-order valence-corrected chi connectivity index (χ2v) is 20.1. The Morgan fingerprint density at radius 1 is 0.871 bits per heavy atom. The summed E-state index contributed by atoms with van der Waals surface area (Å²) in [5.74, 6) is 0.0300. The molecule has 0 spiro atoms. The number of aliphatic imine (C=N–C) groups is 1. The number of phenols is 2. The molecule has 2 fully saturated rings. The summed E-state index contributed by atoms with van der Waals surface area (Å²) in [6.45, 7) is 15.3. The molecule has 0 aliphatic carbocycles. The van der Waals surface area contributed by atoms with E-state index in [9.17, 15) is 33.0 Å². The van der Waals surface area contributed by atoms with Gasteiger partial charge in [0.25, 0.3) is 5.91 Å². The first-order valence-electron chi connectivity index (χ1n) is 23.5. The van der Waals surface area contributed by atoms with Gasteiger partial charge in [-0.2, -0.15) is 13.2 Å². The van der Waals surface area contributed by atoms with Gasteiger partial charge in [-0.25, -0.2) is 0 Å². The lowest BCUT2D eigenvalue weighted by Gasteiger charge is -2.39. The summed E-state index contributed by atoms with van der Waals surface area (Å²) < 4.78 is 43.7. The van der Waals surface area contributed by atoms with Crippen LogP contribution < -0.4 is 5.32 Å². The van der Waals surface area contributed by atoms with Crippen molar-refractivity contribution in [3.05, 3.63) is 116 Å². The molecule has 70 heavy (non-hydrogen) atoms.